The van der Waals surface area contributed by atoms with Gasteiger partial charge in [-0.25, -0.2) is 9.67 Å². The predicted octanol–water partition coefficient (Wildman–Crippen LogP) is 2.98. The van der Waals surface area contributed by atoms with Crippen molar-refractivity contribution >= 4 is 12.0 Å². The minimum atomic E-state index is -0.350. The molecule has 1 unspecified atom stereocenters. The first-order valence-electron chi connectivity index (χ1n) is 9.64. The molecular formula is C23H22N6O. The normalized spacial score (nSPS) is 12.2. The Hall–Kier alpha value is -4.00. The minimum Gasteiger partial charge on any atom is -0.339 e. The average molecular weight is 398 g/mol. The number of amides is 1. The maximum atomic E-state index is 12.6. The Bertz CT molecular complexity index is 1130. The summed E-state index contributed by atoms with van der Waals surface area (Å²) in [6.07, 6.45) is 8.51. The van der Waals surface area contributed by atoms with E-state index >= 15 is 0 Å². The van der Waals surface area contributed by atoms with Gasteiger partial charge in [0.25, 0.3) is 0 Å². The van der Waals surface area contributed by atoms with E-state index in [-0.39, 0.29) is 11.9 Å². The molecule has 30 heavy (non-hydrogen) atoms. The van der Waals surface area contributed by atoms with Crippen LogP contribution in [0.5, 0.6) is 0 Å². The molecule has 0 aliphatic rings. The van der Waals surface area contributed by atoms with E-state index in [0.717, 1.165) is 17.0 Å². The summed E-state index contributed by atoms with van der Waals surface area (Å²) in [5.74, 6) is 0.529. The van der Waals surface area contributed by atoms with Gasteiger partial charge >= 0.3 is 0 Å². The summed E-state index contributed by atoms with van der Waals surface area (Å²) in [5, 5.41) is 11.3. The molecule has 0 aliphatic carbocycles. The molecule has 4 aromatic rings. The molecule has 150 valence electrons. The fraction of sp³-hybridized carbons (Fsp3) is 0.130. The van der Waals surface area contributed by atoms with E-state index in [1.165, 1.54) is 6.08 Å². The monoisotopic (exact) mass is 398 g/mol. The van der Waals surface area contributed by atoms with Crippen LogP contribution in [0.25, 0.3) is 6.08 Å². The first kappa shape index (κ1) is 19.3. The van der Waals surface area contributed by atoms with E-state index < -0.39 is 0 Å². The summed E-state index contributed by atoms with van der Waals surface area (Å²) in [6, 6.07) is 19.4. The number of carbonyl (C=O) groups is 1. The van der Waals surface area contributed by atoms with Gasteiger partial charge in [0.1, 0.15) is 17.6 Å². The average Bonchev–Trinajstić information content (AvgIpc) is 3.40. The zero-order chi connectivity index (χ0) is 20.8. The number of hydrogen-bond donors (Lipinski definition) is 1. The standard InChI is InChI=1S/C23H22N6O/c1-28-15-14-24-23(28)22(19-10-6-3-7-11-19)25-21(30)13-12-20-17-29(27-26-20)16-18-8-4-2-5-9-18/h2-15,17,22H,16H2,1H3,(H,25,30)/b13-12+. The van der Waals surface area contributed by atoms with Crippen LogP contribution in [0.2, 0.25) is 0 Å². The number of nitrogens with one attached hydrogen (secondary N) is 1. The number of hydrogen-bond acceptors (Lipinski definition) is 4. The number of carbonyl (C=O) groups excluding carboxylic acids is 1. The molecule has 4 rings (SSSR count). The van der Waals surface area contributed by atoms with Crippen LogP contribution in [0.1, 0.15) is 28.7 Å². The fourth-order valence-electron chi connectivity index (χ4n) is 3.19. The predicted molar refractivity (Wildman–Crippen MR) is 114 cm³/mol. The number of benzene rings is 2. The molecule has 0 radical (unpaired) electrons. The van der Waals surface area contributed by atoms with Gasteiger partial charge in [-0.15, -0.1) is 5.10 Å². The van der Waals surface area contributed by atoms with Gasteiger partial charge in [0.05, 0.1) is 12.7 Å². The van der Waals surface area contributed by atoms with Crippen molar-refractivity contribution in [2.45, 2.75) is 12.6 Å². The van der Waals surface area contributed by atoms with Gasteiger partial charge in [-0.3, -0.25) is 4.79 Å². The Labute approximate surface area is 174 Å². The third-order valence-electron chi connectivity index (χ3n) is 4.69. The zero-order valence-corrected chi connectivity index (χ0v) is 16.6. The van der Waals surface area contributed by atoms with Crippen molar-refractivity contribution in [3.63, 3.8) is 0 Å². The van der Waals surface area contributed by atoms with Gasteiger partial charge in [-0.2, -0.15) is 0 Å². The van der Waals surface area contributed by atoms with Crippen molar-refractivity contribution in [3.05, 3.63) is 108 Å². The van der Waals surface area contributed by atoms with Crippen molar-refractivity contribution in [1.82, 2.24) is 29.9 Å². The van der Waals surface area contributed by atoms with Gasteiger partial charge in [-0.1, -0.05) is 65.9 Å². The van der Waals surface area contributed by atoms with Crippen LogP contribution in [-0.4, -0.2) is 30.5 Å². The van der Waals surface area contributed by atoms with Gasteiger partial charge in [0.15, 0.2) is 0 Å². The summed E-state index contributed by atoms with van der Waals surface area (Å²) < 4.78 is 3.64. The van der Waals surface area contributed by atoms with Crippen LogP contribution in [0.4, 0.5) is 0 Å². The Morgan fingerprint density at radius 1 is 1.10 bits per heavy atom. The summed E-state index contributed by atoms with van der Waals surface area (Å²) in [5.41, 5.74) is 2.72. The van der Waals surface area contributed by atoms with Gasteiger partial charge in [0, 0.05) is 25.5 Å². The number of nitrogens with zero attached hydrogens (tertiary/aromatic N) is 5. The Morgan fingerprint density at radius 2 is 1.83 bits per heavy atom. The van der Waals surface area contributed by atoms with E-state index in [0.29, 0.717) is 12.2 Å². The van der Waals surface area contributed by atoms with Crippen LogP contribution in [-0.2, 0) is 18.4 Å². The third-order valence-corrected chi connectivity index (χ3v) is 4.69. The lowest BCUT2D eigenvalue weighted by Gasteiger charge is -2.18. The molecule has 2 heterocycles. The topological polar surface area (TPSA) is 77.6 Å². The highest BCUT2D eigenvalue weighted by Crippen LogP contribution is 2.20. The first-order valence-corrected chi connectivity index (χ1v) is 9.64. The largest absolute Gasteiger partial charge is 0.339 e. The molecule has 1 N–H and O–H groups in total. The summed E-state index contributed by atoms with van der Waals surface area (Å²) >= 11 is 0. The van der Waals surface area contributed by atoms with Crippen molar-refractivity contribution in [1.29, 1.82) is 0 Å². The molecule has 1 amide bonds. The van der Waals surface area contributed by atoms with E-state index in [4.69, 9.17) is 0 Å². The molecule has 1 atom stereocenters. The van der Waals surface area contributed by atoms with Crippen molar-refractivity contribution < 1.29 is 4.79 Å². The molecule has 0 spiro atoms. The highest BCUT2D eigenvalue weighted by Gasteiger charge is 2.19. The molecule has 7 nitrogen and oxygen atoms in total. The molecule has 0 saturated carbocycles. The van der Waals surface area contributed by atoms with E-state index in [9.17, 15) is 4.79 Å². The van der Waals surface area contributed by atoms with Crippen molar-refractivity contribution in [3.8, 4) is 0 Å². The molecule has 2 aromatic heterocycles. The highest BCUT2D eigenvalue weighted by molar-refractivity contribution is 5.91. The third kappa shape index (κ3) is 4.70. The second kappa shape index (κ2) is 9.00. The van der Waals surface area contributed by atoms with Gasteiger partial charge < -0.3 is 9.88 Å². The second-order valence-corrected chi connectivity index (χ2v) is 6.91. The molecular weight excluding hydrogens is 376 g/mol. The van der Waals surface area contributed by atoms with Crippen molar-refractivity contribution in [2.24, 2.45) is 7.05 Å². The molecule has 0 aliphatic heterocycles. The molecule has 7 heteroatoms. The fourth-order valence-corrected chi connectivity index (χ4v) is 3.19. The van der Waals surface area contributed by atoms with E-state index in [2.05, 4.69) is 20.6 Å². The maximum absolute atomic E-state index is 12.6. The smallest absolute Gasteiger partial charge is 0.244 e. The second-order valence-electron chi connectivity index (χ2n) is 6.91. The summed E-state index contributed by atoms with van der Waals surface area (Å²) in [7, 11) is 1.91. The lowest BCUT2D eigenvalue weighted by Crippen LogP contribution is -2.29. The summed E-state index contributed by atoms with van der Waals surface area (Å²) in [6.45, 7) is 0.628. The number of imidazole rings is 1. The van der Waals surface area contributed by atoms with Crippen LogP contribution >= 0.6 is 0 Å². The number of aromatic nitrogens is 5. The maximum Gasteiger partial charge on any atom is 0.244 e. The van der Waals surface area contributed by atoms with Crippen LogP contribution in [0.3, 0.4) is 0 Å². The Kier molecular flexibility index (Phi) is 5.80. The lowest BCUT2D eigenvalue weighted by atomic mass is 10.1. The Balaban J connectivity index is 1.45. The number of rotatable bonds is 7. The molecule has 0 saturated heterocycles. The van der Waals surface area contributed by atoms with Crippen LogP contribution < -0.4 is 5.32 Å². The Morgan fingerprint density at radius 3 is 2.53 bits per heavy atom. The van der Waals surface area contributed by atoms with E-state index in [1.807, 2.05) is 84.7 Å². The van der Waals surface area contributed by atoms with Gasteiger partial charge in [0.2, 0.25) is 5.91 Å². The summed E-state index contributed by atoms with van der Waals surface area (Å²) in [4.78, 5) is 17.0. The van der Waals surface area contributed by atoms with Gasteiger partial charge in [-0.05, 0) is 17.2 Å². The van der Waals surface area contributed by atoms with E-state index in [1.54, 1.807) is 17.0 Å². The van der Waals surface area contributed by atoms with Crippen LogP contribution in [0, 0.1) is 0 Å². The van der Waals surface area contributed by atoms with Crippen molar-refractivity contribution in [2.75, 3.05) is 0 Å². The first-order chi connectivity index (χ1) is 14.7. The number of aryl methyl sites for hydroxylation is 1. The minimum absolute atomic E-state index is 0.232. The lowest BCUT2D eigenvalue weighted by molar-refractivity contribution is -0.117. The molecule has 2 aromatic carbocycles. The SMILES string of the molecule is Cn1ccnc1C(NC(=O)/C=C/c1cn(Cc2ccccc2)nn1)c1ccccc1. The molecule has 0 bridgehead atoms. The quantitative estimate of drug-likeness (QED) is 0.486. The highest BCUT2D eigenvalue weighted by atomic mass is 16.1. The van der Waals surface area contributed by atoms with Crippen LogP contribution in [0.15, 0.2) is 85.3 Å². The zero-order valence-electron chi connectivity index (χ0n) is 16.6. The molecule has 0 fully saturated rings.